The Morgan fingerprint density at radius 1 is 1.08 bits per heavy atom. The van der Waals surface area contributed by atoms with Crippen molar-refractivity contribution in [2.45, 2.75) is 13.3 Å². The number of rotatable bonds is 8. The van der Waals surface area contributed by atoms with Crippen LogP contribution in [-0.4, -0.2) is 35.4 Å². The number of methoxy groups -OCH3 is 1. The summed E-state index contributed by atoms with van der Waals surface area (Å²) in [6, 6.07) is 13.7. The number of hydrogen-bond donors (Lipinski definition) is 2. The first-order chi connectivity index (χ1) is 12.2. The molecule has 1 aromatic carbocycles. The minimum atomic E-state index is 0.462. The van der Waals surface area contributed by atoms with Gasteiger partial charge in [-0.05, 0) is 13.3 Å². The minimum Gasteiger partial charge on any atom is -0.385 e. The summed E-state index contributed by atoms with van der Waals surface area (Å²) < 4.78 is 10.2. The monoisotopic (exact) mass is 339 g/mol. The van der Waals surface area contributed by atoms with Gasteiger partial charge in [-0.1, -0.05) is 35.5 Å². The second-order valence-corrected chi connectivity index (χ2v) is 5.55. The highest BCUT2D eigenvalue weighted by atomic mass is 16.5. The zero-order valence-electron chi connectivity index (χ0n) is 14.3. The van der Waals surface area contributed by atoms with E-state index in [0.717, 1.165) is 35.8 Å². The number of benzene rings is 1. The van der Waals surface area contributed by atoms with Gasteiger partial charge >= 0.3 is 0 Å². The van der Waals surface area contributed by atoms with Crippen LogP contribution >= 0.6 is 0 Å². The molecule has 25 heavy (non-hydrogen) atoms. The van der Waals surface area contributed by atoms with Crippen molar-refractivity contribution in [1.82, 2.24) is 15.1 Å². The predicted octanol–water partition coefficient (Wildman–Crippen LogP) is 3.63. The third-order valence-electron chi connectivity index (χ3n) is 3.49. The Labute approximate surface area is 146 Å². The van der Waals surface area contributed by atoms with Gasteiger partial charge in [-0.3, -0.25) is 0 Å². The zero-order valence-corrected chi connectivity index (χ0v) is 14.3. The van der Waals surface area contributed by atoms with E-state index in [1.165, 1.54) is 0 Å². The zero-order chi connectivity index (χ0) is 17.5. The molecule has 0 saturated carbocycles. The van der Waals surface area contributed by atoms with Gasteiger partial charge < -0.3 is 19.9 Å². The third kappa shape index (κ3) is 4.77. The molecule has 130 valence electrons. The first-order valence-electron chi connectivity index (χ1n) is 8.12. The molecule has 0 aliphatic rings. The summed E-state index contributed by atoms with van der Waals surface area (Å²) in [6.45, 7) is 3.30. The molecule has 3 rings (SSSR count). The largest absolute Gasteiger partial charge is 0.385 e. The molecule has 2 heterocycles. The Bertz CT molecular complexity index is 804. The molecule has 2 aromatic heterocycles. The topological polar surface area (TPSA) is 85.1 Å². The lowest BCUT2D eigenvalue weighted by Gasteiger charge is -2.10. The summed E-state index contributed by atoms with van der Waals surface area (Å²) in [6.07, 6.45) is 0.895. The van der Waals surface area contributed by atoms with Crippen molar-refractivity contribution < 1.29 is 9.26 Å². The molecule has 0 atom stereocenters. The number of anilines is 3. The molecule has 0 spiro atoms. The molecule has 0 aliphatic heterocycles. The second-order valence-electron chi connectivity index (χ2n) is 5.55. The van der Waals surface area contributed by atoms with Crippen LogP contribution in [0.4, 0.5) is 17.6 Å². The van der Waals surface area contributed by atoms with Gasteiger partial charge in [-0.25, -0.2) is 4.98 Å². The highest BCUT2D eigenvalue weighted by Crippen LogP contribution is 2.23. The number of ether oxygens (including phenoxy) is 1. The van der Waals surface area contributed by atoms with E-state index in [1.54, 1.807) is 13.2 Å². The maximum absolute atomic E-state index is 5.08. The van der Waals surface area contributed by atoms with E-state index in [0.29, 0.717) is 18.4 Å². The maximum atomic E-state index is 5.08. The fourth-order valence-electron chi connectivity index (χ4n) is 2.32. The van der Waals surface area contributed by atoms with Gasteiger partial charge in [0.1, 0.15) is 11.6 Å². The molecule has 0 saturated heterocycles. The number of aryl methyl sites for hydroxylation is 1. The molecule has 3 aromatic rings. The van der Waals surface area contributed by atoms with E-state index in [-0.39, 0.29) is 0 Å². The lowest BCUT2D eigenvalue weighted by Crippen LogP contribution is -2.08. The molecule has 0 bridgehead atoms. The van der Waals surface area contributed by atoms with E-state index >= 15 is 0 Å². The van der Waals surface area contributed by atoms with Crippen molar-refractivity contribution in [3.05, 3.63) is 48.2 Å². The van der Waals surface area contributed by atoms with Crippen molar-refractivity contribution in [2.24, 2.45) is 0 Å². The summed E-state index contributed by atoms with van der Waals surface area (Å²) in [4.78, 5) is 9.09. The van der Waals surface area contributed by atoms with Gasteiger partial charge in [0.2, 0.25) is 5.95 Å². The molecule has 2 N–H and O–H groups in total. The first-order valence-corrected chi connectivity index (χ1v) is 8.12. The van der Waals surface area contributed by atoms with Gasteiger partial charge in [0.15, 0.2) is 5.82 Å². The molecule has 0 fully saturated rings. The Morgan fingerprint density at radius 2 is 1.92 bits per heavy atom. The summed E-state index contributed by atoms with van der Waals surface area (Å²) in [5.41, 5.74) is 1.84. The predicted molar refractivity (Wildman–Crippen MR) is 97.0 cm³/mol. The molecule has 0 amide bonds. The lowest BCUT2D eigenvalue weighted by atomic mass is 10.1. The second kappa shape index (κ2) is 8.25. The quantitative estimate of drug-likeness (QED) is 0.606. The van der Waals surface area contributed by atoms with E-state index in [4.69, 9.17) is 9.26 Å². The summed E-state index contributed by atoms with van der Waals surface area (Å²) >= 11 is 0. The van der Waals surface area contributed by atoms with Crippen LogP contribution in [0.1, 0.15) is 12.2 Å². The average Bonchev–Trinajstić information content (AvgIpc) is 3.04. The number of nitrogens with zero attached hydrogens (tertiary/aromatic N) is 3. The molecule has 0 aliphatic carbocycles. The third-order valence-corrected chi connectivity index (χ3v) is 3.49. The van der Waals surface area contributed by atoms with Crippen LogP contribution in [0.3, 0.4) is 0 Å². The van der Waals surface area contributed by atoms with Gasteiger partial charge in [0, 0.05) is 38.0 Å². The maximum Gasteiger partial charge on any atom is 0.231 e. The molecule has 7 heteroatoms. The van der Waals surface area contributed by atoms with Crippen LogP contribution in [0.5, 0.6) is 0 Å². The van der Waals surface area contributed by atoms with Crippen molar-refractivity contribution >= 4 is 17.6 Å². The van der Waals surface area contributed by atoms with Crippen LogP contribution in [-0.2, 0) is 4.74 Å². The van der Waals surface area contributed by atoms with E-state index in [1.807, 2.05) is 43.3 Å². The fourth-order valence-corrected chi connectivity index (χ4v) is 2.32. The smallest absolute Gasteiger partial charge is 0.231 e. The van der Waals surface area contributed by atoms with Crippen molar-refractivity contribution in [2.75, 3.05) is 30.9 Å². The number of hydrogen-bond acceptors (Lipinski definition) is 7. The Morgan fingerprint density at radius 3 is 2.64 bits per heavy atom. The van der Waals surface area contributed by atoms with Crippen LogP contribution < -0.4 is 10.6 Å². The Hall–Kier alpha value is -2.93. The highest BCUT2D eigenvalue weighted by molar-refractivity contribution is 5.65. The first kappa shape index (κ1) is 16.9. The molecule has 0 unspecified atom stereocenters. The van der Waals surface area contributed by atoms with Gasteiger partial charge in [-0.2, -0.15) is 4.98 Å². The van der Waals surface area contributed by atoms with E-state index < -0.39 is 0 Å². The number of aromatic nitrogens is 3. The van der Waals surface area contributed by atoms with E-state index in [9.17, 15) is 0 Å². The lowest BCUT2D eigenvalue weighted by molar-refractivity contribution is 0.198. The summed E-state index contributed by atoms with van der Waals surface area (Å²) in [7, 11) is 1.69. The SMILES string of the molecule is COCCCNc1cc(-c2ccccc2)nc(Nc2cc(C)on2)n1. The van der Waals surface area contributed by atoms with Crippen LogP contribution in [0.15, 0.2) is 47.0 Å². The van der Waals surface area contributed by atoms with Crippen LogP contribution in [0.25, 0.3) is 11.3 Å². The van der Waals surface area contributed by atoms with Gasteiger partial charge in [0.05, 0.1) is 5.69 Å². The molecular weight excluding hydrogens is 318 g/mol. The van der Waals surface area contributed by atoms with Crippen LogP contribution in [0.2, 0.25) is 0 Å². The Kier molecular flexibility index (Phi) is 5.58. The summed E-state index contributed by atoms with van der Waals surface area (Å²) in [5.74, 6) is 2.50. The van der Waals surface area contributed by atoms with Gasteiger partial charge in [0.25, 0.3) is 0 Å². The average molecular weight is 339 g/mol. The Balaban J connectivity index is 1.85. The molecular formula is C18H21N5O2. The highest BCUT2D eigenvalue weighted by Gasteiger charge is 2.09. The molecule has 0 radical (unpaired) electrons. The van der Waals surface area contributed by atoms with Crippen molar-refractivity contribution in [3.8, 4) is 11.3 Å². The van der Waals surface area contributed by atoms with E-state index in [2.05, 4.69) is 25.8 Å². The van der Waals surface area contributed by atoms with Crippen molar-refractivity contribution in [1.29, 1.82) is 0 Å². The standard InChI is InChI=1S/C18H21N5O2/c1-13-11-17(23-25-13)22-18-20-15(14-7-4-3-5-8-14)12-16(21-18)19-9-6-10-24-2/h3-5,7-8,11-12H,6,9-10H2,1-2H3,(H2,19,20,21,22,23). The minimum absolute atomic E-state index is 0.462. The van der Waals surface area contributed by atoms with Crippen LogP contribution in [0, 0.1) is 6.92 Å². The summed E-state index contributed by atoms with van der Waals surface area (Å²) in [5, 5.41) is 10.3. The molecule has 7 nitrogen and oxygen atoms in total. The van der Waals surface area contributed by atoms with Gasteiger partial charge in [-0.15, -0.1) is 0 Å². The normalized spacial score (nSPS) is 10.6. The van der Waals surface area contributed by atoms with Crippen molar-refractivity contribution in [3.63, 3.8) is 0 Å². The number of nitrogens with one attached hydrogen (secondary N) is 2. The fraction of sp³-hybridized carbons (Fsp3) is 0.278.